The molecule has 0 bridgehead atoms. The van der Waals surface area contributed by atoms with Gasteiger partial charge in [-0.3, -0.25) is 4.79 Å². The van der Waals surface area contributed by atoms with E-state index in [0.29, 0.717) is 50.5 Å². The number of hydrogen-bond donors (Lipinski definition) is 1. The zero-order chi connectivity index (χ0) is 28.0. The maximum absolute atomic E-state index is 13.6. The molecule has 0 aliphatic carbocycles. The van der Waals surface area contributed by atoms with E-state index in [1.165, 1.54) is 9.78 Å². The Bertz CT molecular complexity index is 1200. The van der Waals surface area contributed by atoms with Gasteiger partial charge in [-0.2, -0.15) is 0 Å². The molecule has 0 radical (unpaired) electrons. The topological polar surface area (TPSA) is 88.2 Å². The van der Waals surface area contributed by atoms with Crippen LogP contribution in [-0.2, 0) is 27.4 Å². The van der Waals surface area contributed by atoms with Crippen LogP contribution in [0.1, 0.15) is 45.9 Å². The zero-order valence-corrected chi connectivity index (χ0v) is 23.7. The molecule has 8 nitrogen and oxygen atoms in total. The van der Waals surface area contributed by atoms with Crippen molar-refractivity contribution in [3.05, 3.63) is 87.6 Å². The predicted molar refractivity (Wildman–Crippen MR) is 154 cm³/mol. The maximum Gasteiger partial charge on any atom is 0.338 e. The van der Waals surface area contributed by atoms with E-state index in [9.17, 15) is 14.4 Å². The van der Waals surface area contributed by atoms with Crippen molar-refractivity contribution in [3.8, 4) is 0 Å². The number of nitrogens with zero attached hydrogens (tertiary/aromatic N) is 2. The summed E-state index contributed by atoms with van der Waals surface area (Å²) in [4.78, 5) is 44.4. The first kappa shape index (κ1) is 29.9. The minimum absolute atomic E-state index is 0.0734. The van der Waals surface area contributed by atoms with E-state index < -0.39 is 12.0 Å². The van der Waals surface area contributed by atoms with Gasteiger partial charge in [-0.1, -0.05) is 30.3 Å². The summed E-state index contributed by atoms with van der Waals surface area (Å²) in [5.74, 6) is -0.563. The summed E-state index contributed by atoms with van der Waals surface area (Å²) in [5, 5.41) is 2.85. The molecule has 0 saturated heterocycles. The molecule has 9 heteroatoms. The number of carbonyl (C=O) groups is 3. The Labute approximate surface area is 234 Å². The summed E-state index contributed by atoms with van der Waals surface area (Å²) in [5.41, 5.74) is 1.94. The molecule has 208 valence electrons. The lowest BCUT2D eigenvalue weighted by Gasteiger charge is -2.28. The summed E-state index contributed by atoms with van der Waals surface area (Å²) >= 11 is 1.66. The van der Waals surface area contributed by atoms with Crippen LogP contribution in [0, 0.1) is 6.92 Å². The van der Waals surface area contributed by atoms with Crippen molar-refractivity contribution >= 4 is 34.9 Å². The third kappa shape index (κ3) is 9.85. The van der Waals surface area contributed by atoms with E-state index in [2.05, 4.69) is 5.32 Å². The van der Waals surface area contributed by atoms with Crippen LogP contribution in [0.25, 0.3) is 0 Å². The second-order valence-electron chi connectivity index (χ2n) is 8.95. The Morgan fingerprint density at radius 2 is 1.62 bits per heavy atom. The summed E-state index contributed by atoms with van der Waals surface area (Å²) in [6, 6.07) is 20.0. The summed E-state index contributed by atoms with van der Waals surface area (Å²) in [6.07, 6.45) is 0.596. The molecule has 1 heterocycles. The number of anilines is 1. The largest absolute Gasteiger partial charge is 0.462 e. The number of thiophene rings is 1. The molecule has 0 spiro atoms. The molecule has 0 atom stereocenters. The van der Waals surface area contributed by atoms with Crippen LogP contribution in [0.15, 0.2) is 66.7 Å². The standard InChI is InChI=1S/C30H37N3O5S/c1-4-37-19-9-18-32(30(36)31-26-15-13-25(14-16-26)29(35)38-5-2)22-28(34)33(20-24-10-7-6-8-11-24)21-27-17-12-23(3)39-27/h6-8,10-17H,4-5,9,18-22H2,1-3H3,(H,31,36). The fourth-order valence-corrected chi connectivity index (χ4v) is 4.82. The molecule has 0 aliphatic heterocycles. The smallest absolute Gasteiger partial charge is 0.338 e. The van der Waals surface area contributed by atoms with Gasteiger partial charge in [0, 0.05) is 41.7 Å². The Balaban J connectivity index is 1.73. The van der Waals surface area contributed by atoms with Gasteiger partial charge < -0.3 is 24.6 Å². The Morgan fingerprint density at radius 1 is 0.872 bits per heavy atom. The van der Waals surface area contributed by atoms with Gasteiger partial charge in [-0.15, -0.1) is 11.3 Å². The van der Waals surface area contributed by atoms with E-state index >= 15 is 0 Å². The lowest BCUT2D eigenvalue weighted by Crippen LogP contribution is -2.44. The van der Waals surface area contributed by atoms with E-state index in [-0.39, 0.29) is 19.1 Å². The number of amides is 3. The van der Waals surface area contributed by atoms with Crippen molar-refractivity contribution in [2.45, 2.75) is 40.3 Å². The van der Waals surface area contributed by atoms with Crippen molar-refractivity contribution in [2.75, 3.05) is 38.2 Å². The van der Waals surface area contributed by atoms with Gasteiger partial charge >= 0.3 is 12.0 Å². The number of rotatable bonds is 14. The number of ether oxygens (including phenoxy) is 2. The van der Waals surface area contributed by atoms with Gasteiger partial charge in [-0.25, -0.2) is 9.59 Å². The minimum atomic E-state index is -0.419. The first-order valence-corrected chi connectivity index (χ1v) is 14.0. The van der Waals surface area contributed by atoms with E-state index in [1.54, 1.807) is 47.4 Å². The number of esters is 1. The van der Waals surface area contributed by atoms with Crippen molar-refractivity contribution < 1.29 is 23.9 Å². The van der Waals surface area contributed by atoms with Gasteiger partial charge in [-0.05, 0) is 69.2 Å². The lowest BCUT2D eigenvalue weighted by molar-refractivity contribution is -0.133. The van der Waals surface area contributed by atoms with Gasteiger partial charge in [0.2, 0.25) is 5.91 Å². The van der Waals surface area contributed by atoms with Crippen LogP contribution in [0.2, 0.25) is 0 Å². The van der Waals surface area contributed by atoms with E-state index in [4.69, 9.17) is 9.47 Å². The third-order valence-corrected chi connectivity index (χ3v) is 6.88. The zero-order valence-electron chi connectivity index (χ0n) is 22.9. The van der Waals surface area contributed by atoms with Crippen LogP contribution in [0.4, 0.5) is 10.5 Å². The second kappa shape index (κ2) is 15.7. The number of urea groups is 1. The van der Waals surface area contributed by atoms with Crippen molar-refractivity contribution in [1.82, 2.24) is 9.80 Å². The van der Waals surface area contributed by atoms with Crippen molar-refractivity contribution in [2.24, 2.45) is 0 Å². The summed E-state index contributed by atoms with van der Waals surface area (Å²) < 4.78 is 10.5. The Morgan fingerprint density at radius 3 is 2.26 bits per heavy atom. The summed E-state index contributed by atoms with van der Waals surface area (Å²) in [7, 11) is 0. The van der Waals surface area contributed by atoms with Gasteiger partial charge in [0.05, 0.1) is 18.7 Å². The number of aryl methyl sites for hydroxylation is 1. The third-order valence-electron chi connectivity index (χ3n) is 5.89. The molecule has 3 rings (SSSR count). The number of carbonyl (C=O) groups excluding carboxylic acids is 3. The molecule has 2 aromatic carbocycles. The predicted octanol–water partition coefficient (Wildman–Crippen LogP) is 5.72. The fourth-order valence-electron chi connectivity index (χ4n) is 3.92. The highest BCUT2D eigenvalue weighted by atomic mass is 32.1. The van der Waals surface area contributed by atoms with Crippen LogP contribution < -0.4 is 5.32 Å². The number of hydrogen-bond acceptors (Lipinski definition) is 6. The van der Waals surface area contributed by atoms with Gasteiger partial charge in [0.25, 0.3) is 0 Å². The van der Waals surface area contributed by atoms with Crippen LogP contribution in [-0.4, -0.2) is 60.6 Å². The van der Waals surface area contributed by atoms with E-state index in [0.717, 1.165) is 10.4 Å². The lowest BCUT2D eigenvalue weighted by atomic mass is 10.2. The molecule has 1 aromatic heterocycles. The highest BCUT2D eigenvalue weighted by Gasteiger charge is 2.22. The molecule has 3 aromatic rings. The molecule has 3 amide bonds. The highest BCUT2D eigenvalue weighted by Crippen LogP contribution is 2.19. The van der Waals surface area contributed by atoms with Crippen LogP contribution in [0.3, 0.4) is 0 Å². The highest BCUT2D eigenvalue weighted by molar-refractivity contribution is 7.11. The molecular formula is C30H37N3O5S. The molecule has 39 heavy (non-hydrogen) atoms. The second-order valence-corrected chi connectivity index (χ2v) is 10.3. The number of benzene rings is 2. The van der Waals surface area contributed by atoms with E-state index in [1.807, 2.05) is 56.3 Å². The average Bonchev–Trinajstić information content (AvgIpc) is 3.35. The van der Waals surface area contributed by atoms with Crippen molar-refractivity contribution in [3.63, 3.8) is 0 Å². The Hall–Kier alpha value is -3.69. The number of nitrogens with one attached hydrogen (secondary N) is 1. The first-order chi connectivity index (χ1) is 18.9. The molecular weight excluding hydrogens is 514 g/mol. The minimum Gasteiger partial charge on any atom is -0.462 e. The van der Waals surface area contributed by atoms with Crippen molar-refractivity contribution in [1.29, 1.82) is 0 Å². The quantitative estimate of drug-likeness (QED) is 0.204. The van der Waals surface area contributed by atoms with Gasteiger partial charge in [0.15, 0.2) is 0 Å². The Kier molecular flexibility index (Phi) is 12.0. The monoisotopic (exact) mass is 551 g/mol. The van der Waals surface area contributed by atoms with Crippen LogP contribution >= 0.6 is 11.3 Å². The molecule has 0 saturated carbocycles. The molecule has 0 fully saturated rings. The first-order valence-electron chi connectivity index (χ1n) is 13.2. The average molecular weight is 552 g/mol. The fraction of sp³-hybridized carbons (Fsp3) is 0.367. The normalized spacial score (nSPS) is 10.6. The molecule has 0 unspecified atom stereocenters. The molecule has 0 aliphatic rings. The SMILES string of the molecule is CCOCCCN(CC(=O)N(Cc1ccccc1)Cc1ccc(C)s1)C(=O)Nc1ccc(C(=O)OCC)cc1. The van der Waals surface area contributed by atoms with Gasteiger partial charge in [0.1, 0.15) is 6.54 Å². The maximum atomic E-state index is 13.6. The van der Waals surface area contributed by atoms with Crippen LogP contribution in [0.5, 0.6) is 0 Å². The summed E-state index contributed by atoms with van der Waals surface area (Å²) in [6.45, 7) is 8.27. The molecule has 1 N–H and O–H groups in total.